The molecule has 0 N–H and O–H groups in total. The average molecular weight is 555 g/mol. The molecule has 0 radical (unpaired) electrons. The summed E-state index contributed by atoms with van der Waals surface area (Å²) < 4.78 is 9.06. The van der Waals surface area contributed by atoms with Crippen molar-refractivity contribution in [1.29, 1.82) is 0 Å². The normalized spacial score (nSPS) is 11.8. The first kappa shape index (κ1) is 23.4. The van der Waals surface area contributed by atoms with Crippen LogP contribution in [-0.4, -0.2) is 9.97 Å². The van der Waals surface area contributed by atoms with Gasteiger partial charge < -0.3 is 4.42 Å². The fraction of sp³-hybridized carbons (Fsp3) is 0. The number of aromatic nitrogens is 2. The second kappa shape index (κ2) is 9.10. The van der Waals surface area contributed by atoms with Gasteiger partial charge in [0.25, 0.3) is 0 Å². The van der Waals surface area contributed by atoms with Gasteiger partial charge in [0.2, 0.25) is 0 Å². The second-order valence-corrected chi connectivity index (χ2v) is 11.6. The lowest BCUT2D eigenvalue weighted by Crippen LogP contribution is -1.93. The van der Waals surface area contributed by atoms with E-state index in [9.17, 15) is 0 Å². The Kier molecular flexibility index (Phi) is 5.07. The monoisotopic (exact) mass is 554 g/mol. The first-order valence-corrected chi connectivity index (χ1v) is 14.8. The number of furan rings is 1. The lowest BCUT2D eigenvalue weighted by molar-refractivity contribution is 0.670. The topological polar surface area (TPSA) is 38.9 Å². The fourth-order valence-electron chi connectivity index (χ4n) is 6.20. The van der Waals surface area contributed by atoms with Crippen LogP contribution in [0.3, 0.4) is 0 Å². The maximum absolute atomic E-state index is 6.76. The summed E-state index contributed by atoms with van der Waals surface area (Å²) in [6, 6.07) is 46.5. The van der Waals surface area contributed by atoms with Crippen LogP contribution in [0, 0.1) is 0 Å². The van der Waals surface area contributed by atoms with E-state index in [2.05, 4.69) is 127 Å². The third kappa shape index (κ3) is 3.46. The average Bonchev–Trinajstić information content (AvgIpc) is 3.63. The van der Waals surface area contributed by atoms with Crippen molar-refractivity contribution in [1.82, 2.24) is 9.97 Å². The second-order valence-electron chi connectivity index (χ2n) is 10.5. The molecule has 3 nitrogen and oxygen atoms in total. The quantitative estimate of drug-likeness (QED) is 0.218. The minimum Gasteiger partial charge on any atom is -0.455 e. The van der Waals surface area contributed by atoms with E-state index in [1.807, 2.05) is 6.07 Å². The Bertz CT molecular complexity index is 2460. The van der Waals surface area contributed by atoms with Gasteiger partial charge in [0, 0.05) is 26.4 Å². The summed E-state index contributed by atoms with van der Waals surface area (Å²) in [5.74, 6) is 0.669. The molecule has 0 aliphatic rings. The molecule has 0 aliphatic heterocycles. The fourth-order valence-corrected chi connectivity index (χ4v) is 7.35. The number of nitrogens with zero attached hydrogens (tertiary/aromatic N) is 2. The molecule has 0 amide bonds. The number of benzene rings is 6. The molecule has 9 aromatic rings. The molecule has 0 spiro atoms. The molecule has 0 aliphatic carbocycles. The molecule has 42 heavy (non-hydrogen) atoms. The molecule has 196 valence electrons. The summed E-state index contributed by atoms with van der Waals surface area (Å²) in [6.07, 6.45) is 0. The molecule has 0 saturated heterocycles. The zero-order valence-electron chi connectivity index (χ0n) is 22.4. The van der Waals surface area contributed by atoms with E-state index in [-0.39, 0.29) is 0 Å². The number of hydrogen-bond acceptors (Lipinski definition) is 4. The Morgan fingerprint density at radius 3 is 2.00 bits per heavy atom. The Morgan fingerprint density at radius 1 is 0.524 bits per heavy atom. The largest absolute Gasteiger partial charge is 0.455 e. The third-order valence-electron chi connectivity index (χ3n) is 8.10. The minimum absolute atomic E-state index is 0.669. The Balaban J connectivity index is 1.37. The van der Waals surface area contributed by atoms with Crippen molar-refractivity contribution < 1.29 is 4.42 Å². The number of thiophene rings is 1. The summed E-state index contributed by atoms with van der Waals surface area (Å²) in [4.78, 5) is 10.4. The van der Waals surface area contributed by atoms with Crippen molar-refractivity contribution in [2.45, 2.75) is 0 Å². The molecule has 6 aromatic carbocycles. The third-order valence-corrected chi connectivity index (χ3v) is 9.26. The number of fused-ring (bicyclic) bond motifs is 8. The van der Waals surface area contributed by atoms with E-state index < -0.39 is 0 Å². The smallest absolute Gasteiger partial charge is 0.164 e. The molecule has 0 unspecified atom stereocenters. The zero-order chi connectivity index (χ0) is 27.6. The van der Waals surface area contributed by atoms with Crippen LogP contribution in [0.5, 0.6) is 0 Å². The van der Waals surface area contributed by atoms with Crippen LogP contribution in [0.2, 0.25) is 0 Å². The predicted molar refractivity (Wildman–Crippen MR) is 176 cm³/mol. The van der Waals surface area contributed by atoms with Gasteiger partial charge in [-0.2, -0.15) is 0 Å². The zero-order valence-corrected chi connectivity index (χ0v) is 23.2. The summed E-state index contributed by atoms with van der Waals surface area (Å²) in [5.41, 5.74) is 7.89. The predicted octanol–water partition coefficient (Wildman–Crippen LogP) is 10.9. The van der Waals surface area contributed by atoms with Crippen molar-refractivity contribution in [3.8, 4) is 33.8 Å². The van der Waals surface area contributed by atoms with E-state index in [0.717, 1.165) is 59.9 Å². The first-order valence-electron chi connectivity index (χ1n) is 14.0. The van der Waals surface area contributed by atoms with Gasteiger partial charge in [0.15, 0.2) is 5.82 Å². The van der Waals surface area contributed by atoms with Gasteiger partial charge in [-0.05, 0) is 40.1 Å². The molecular weight excluding hydrogens is 532 g/mol. The molecular formula is C38H22N2OS. The molecule has 4 heteroatoms. The summed E-state index contributed by atoms with van der Waals surface area (Å²) in [5, 5.41) is 5.72. The molecule has 3 aromatic heterocycles. The van der Waals surface area contributed by atoms with Crippen molar-refractivity contribution in [3.63, 3.8) is 0 Å². The van der Waals surface area contributed by atoms with Crippen LogP contribution >= 0.6 is 11.3 Å². The van der Waals surface area contributed by atoms with Crippen LogP contribution in [-0.2, 0) is 0 Å². The van der Waals surface area contributed by atoms with E-state index in [0.29, 0.717) is 5.82 Å². The van der Waals surface area contributed by atoms with E-state index in [1.54, 1.807) is 11.3 Å². The molecule has 0 bridgehead atoms. The Hall–Kier alpha value is -5.32. The maximum atomic E-state index is 6.76. The summed E-state index contributed by atoms with van der Waals surface area (Å²) in [6.45, 7) is 0. The van der Waals surface area contributed by atoms with E-state index in [1.165, 1.54) is 21.0 Å². The highest BCUT2D eigenvalue weighted by Crippen LogP contribution is 2.44. The van der Waals surface area contributed by atoms with Crippen LogP contribution in [0.4, 0.5) is 0 Å². The molecule has 3 heterocycles. The van der Waals surface area contributed by atoms with Gasteiger partial charge in [-0.3, -0.25) is 0 Å². The van der Waals surface area contributed by atoms with Gasteiger partial charge in [0.05, 0.1) is 21.5 Å². The Morgan fingerprint density at radius 2 is 1.19 bits per heavy atom. The number of para-hydroxylation sites is 1. The van der Waals surface area contributed by atoms with Crippen LogP contribution in [0.1, 0.15) is 0 Å². The first-order chi connectivity index (χ1) is 20.8. The summed E-state index contributed by atoms with van der Waals surface area (Å²) >= 11 is 1.75. The van der Waals surface area contributed by atoms with Crippen molar-refractivity contribution in [2.24, 2.45) is 0 Å². The van der Waals surface area contributed by atoms with Crippen LogP contribution in [0.25, 0.3) is 86.8 Å². The highest BCUT2D eigenvalue weighted by molar-refractivity contribution is 7.26. The molecule has 0 saturated carbocycles. The van der Waals surface area contributed by atoms with E-state index in [4.69, 9.17) is 14.4 Å². The Labute approximate surface area is 245 Å². The lowest BCUT2D eigenvalue weighted by atomic mass is 9.95. The van der Waals surface area contributed by atoms with Gasteiger partial charge in [-0.25, -0.2) is 9.97 Å². The van der Waals surface area contributed by atoms with Crippen LogP contribution < -0.4 is 0 Å². The van der Waals surface area contributed by atoms with Crippen molar-refractivity contribution in [3.05, 3.63) is 133 Å². The number of hydrogen-bond donors (Lipinski definition) is 0. The SMILES string of the molecule is c1ccc(-c2cc3oc4c(-c5nc(-c6ccccc6)c6sc7ccccc7c6n5)cccc4c3c3ccccc23)cc1. The van der Waals surface area contributed by atoms with Gasteiger partial charge in [-0.15, -0.1) is 11.3 Å². The molecule has 0 fully saturated rings. The maximum Gasteiger partial charge on any atom is 0.164 e. The summed E-state index contributed by atoms with van der Waals surface area (Å²) in [7, 11) is 0. The highest BCUT2D eigenvalue weighted by Gasteiger charge is 2.21. The molecule has 0 atom stereocenters. The highest BCUT2D eigenvalue weighted by atomic mass is 32.1. The van der Waals surface area contributed by atoms with Crippen LogP contribution in [0.15, 0.2) is 138 Å². The molecule has 9 rings (SSSR count). The number of rotatable bonds is 3. The van der Waals surface area contributed by atoms with Crippen molar-refractivity contribution >= 4 is 64.4 Å². The van der Waals surface area contributed by atoms with E-state index >= 15 is 0 Å². The minimum atomic E-state index is 0.669. The van der Waals surface area contributed by atoms with Gasteiger partial charge in [0.1, 0.15) is 11.2 Å². The standard InChI is InChI=1S/C38H22N2OS/c1-3-12-23(13-4-1)30-22-31-33(26-17-8-7-16-25(26)30)28-19-11-20-29(36(28)41-31)38-39-34(24-14-5-2-6-15-24)37-35(40-38)27-18-9-10-21-32(27)42-37/h1-22H. The van der Waals surface area contributed by atoms with Gasteiger partial charge in [-0.1, -0.05) is 115 Å². The van der Waals surface area contributed by atoms with Gasteiger partial charge >= 0.3 is 0 Å². The lowest BCUT2D eigenvalue weighted by Gasteiger charge is -2.08. The van der Waals surface area contributed by atoms with Crippen molar-refractivity contribution in [2.75, 3.05) is 0 Å².